The van der Waals surface area contributed by atoms with Gasteiger partial charge in [-0.1, -0.05) is 23.2 Å². The van der Waals surface area contributed by atoms with E-state index in [2.05, 4.69) is 0 Å². The fourth-order valence-corrected chi connectivity index (χ4v) is 3.89. The number of hydrogen-bond acceptors (Lipinski definition) is 5. The topological polar surface area (TPSA) is 118 Å². The summed E-state index contributed by atoms with van der Waals surface area (Å²) in [5.41, 5.74) is -0.465. The molecule has 2 N–H and O–H groups in total. The average Bonchev–Trinajstić information content (AvgIpc) is 2.29. The Balaban J connectivity index is 3.17. The van der Waals surface area contributed by atoms with E-state index < -0.39 is 47.1 Å². The Morgan fingerprint density at radius 2 is 1.81 bits per heavy atom. The third-order valence-corrected chi connectivity index (χ3v) is 5.46. The van der Waals surface area contributed by atoms with Crippen LogP contribution in [0.5, 0.6) is 0 Å². The molecule has 0 aliphatic rings. The van der Waals surface area contributed by atoms with E-state index in [-0.39, 0.29) is 11.6 Å². The molecule has 0 saturated heterocycles. The molecule has 21 heavy (non-hydrogen) atoms. The number of sulfone groups is 1. The lowest BCUT2D eigenvalue weighted by molar-refractivity contribution is 0.0697. The fourth-order valence-electron chi connectivity index (χ4n) is 1.35. The maximum atomic E-state index is 12.0. The van der Waals surface area contributed by atoms with Gasteiger partial charge in [0.25, 0.3) is 0 Å². The lowest BCUT2D eigenvalue weighted by atomic mass is 10.2. The molecule has 1 aromatic rings. The fraction of sp³-hybridized carbons (Fsp3) is 0.300. The predicted octanol–water partition coefficient (Wildman–Crippen LogP) is 1.01. The minimum absolute atomic E-state index is 0.125. The largest absolute Gasteiger partial charge is 0.478 e. The molecule has 0 saturated carbocycles. The maximum absolute atomic E-state index is 12.0. The van der Waals surface area contributed by atoms with Crippen LogP contribution >= 0.6 is 23.2 Å². The Bertz CT molecular complexity index is 773. The van der Waals surface area contributed by atoms with Crippen molar-refractivity contribution in [2.75, 3.05) is 18.6 Å². The molecule has 0 aliphatic heterocycles. The highest BCUT2D eigenvalue weighted by atomic mass is 35.5. The van der Waals surface area contributed by atoms with E-state index in [1.54, 1.807) is 0 Å². The van der Waals surface area contributed by atoms with Crippen molar-refractivity contribution in [3.63, 3.8) is 0 Å². The van der Waals surface area contributed by atoms with Crippen molar-refractivity contribution in [1.82, 2.24) is 4.72 Å². The number of carboxylic acid groups (broad SMARTS) is 1. The molecular formula is C10H11Cl2NO6S2. The summed E-state index contributed by atoms with van der Waals surface area (Å²) in [5, 5.41) is 8.30. The summed E-state index contributed by atoms with van der Waals surface area (Å²) in [4.78, 5) is 10.4. The number of benzene rings is 1. The minimum atomic E-state index is -4.19. The van der Waals surface area contributed by atoms with E-state index in [1.807, 2.05) is 4.72 Å². The van der Waals surface area contributed by atoms with E-state index in [4.69, 9.17) is 28.3 Å². The Morgan fingerprint density at radius 3 is 2.29 bits per heavy atom. The van der Waals surface area contributed by atoms with Crippen LogP contribution in [0.1, 0.15) is 10.4 Å². The molecule has 0 unspecified atom stereocenters. The van der Waals surface area contributed by atoms with Gasteiger partial charge in [0, 0.05) is 17.8 Å². The van der Waals surface area contributed by atoms with E-state index in [1.165, 1.54) is 0 Å². The van der Waals surface area contributed by atoms with Crippen LogP contribution in [-0.2, 0) is 19.9 Å². The van der Waals surface area contributed by atoms with E-state index in [0.29, 0.717) is 0 Å². The molecule has 0 fully saturated rings. The van der Waals surface area contributed by atoms with Gasteiger partial charge in [0.2, 0.25) is 10.0 Å². The number of aromatic carboxylic acids is 1. The lowest BCUT2D eigenvalue weighted by Crippen LogP contribution is -2.29. The first kappa shape index (κ1) is 18.2. The summed E-state index contributed by atoms with van der Waals surface area (Å²) in [7, 11) is -7.53. The first-order valence-electron chi connectivity index (χ1n) is 5.34. The van der Waals surface area contributed by atoms with Crippen molar-refractivity contribution in [2.24, 2.45) is 0 Å². The predicted molar refractivity (Wildman–Crippen MR) is 78.3 cm³/mol. The van der Waals surface area contributed by atoms with Gasteiger partial charge in [-0.15, -0.1) is 0 Å². The van der Waals surface area contributed by atoms with Crippen molar-refractivity contribution in [2.45, 2.75) is 4.90 Å². The van der Waals surface area contributed by atoms with Gasteiger partial charge in [0.15, 0.2) is 0 Å². The van der Waals surface area contributed by atoms with Crippen LogP contribution in [-0.4, -0.2) is 46.5 Å². The molecule has 7 nitrogen and oxygen atoms in total. The van der Waals surface area contributed by atoms with Gasteiger partial charge in [0.05, 0.1) is 16.3 Å². The highest BCUT2D eigenvalue weighted by Gasteiger charge is 2.23. The van der Waals surface area contributed by atoms with Crippen LogP contribution in [0.2, 0.25) is 10.0 Å². The number of rotatable bonds is 6. The number of nitrogens with one attached hydrogen (secondary N) is 1. The Kier molecular flexibility index (Phi) is 5.62. The summed E-state index contributed by atoms with van der Waals surface area (Å²) < 4.78 is 48.0. The SMILES string of the molecule is CS(=O)(=O)CCNS(=O)(=O)c1cc(Cl)cc(C(=O)O)c1Cl. The van der Waals surface area contributed by atoms with Crippen molar-refractivity contribution in [1.29, 1.82) is 0 Å². The molecule has 0 radical (unpaired) electrons. The van der Waals surface area contributed by atoms with Gasteiger partial charge in [-0.25, -0.2) is 26.4 Å². The Hall–Kier alpha value is -0.870. The zero-order chi connectivity index (χ0) is 16.4. The zero-order valence-electron chi connectivity index (χ0n) is 10.6. The molecule has 0 heterocycles. The third-order valence-electron chi connectivity index (χ3n) is 2.29. The number of halogens is 2. The van der Waals surface area contributed by atoms with Crippen LogP contribution < -0.4 is 4.72 Å². The summed E-state index contributed by atoms with van der Waals surface area (Å²) in [6.07, 6.45) is 0.955. The van der Waals surface area contributed by atoms with Gasteiger partial charge < -0.3 is 5.11 Å². The van der Waals surface area contributed by atoms with Crippen LogP contribution in [0.15, 0.2) is 17.0 Å². The molecule has 11 heteroatoms. The summed E-state index contributed by atoms with van der Waals surface area (Å²) in [6.45, 7) is -0.369. The second-order valence-corrected chi connectivity index (χ2v) is 8.91. The van der Waals surface area contributed by atoms with Gasteiger partial charge in [-0.05, 0) is 12.1 Å². The van der Waals surface area contributed by atoms with Gasteiger partial charge in [0.1, 0.15) is 14.7 Å². The number of carboxylic acids is 1. The first-order chi connectivity index (χ1) is 9.44. The van der Waals surface area contributed by atoms with Gasteiger partial charge in [-0.2, -0.15) is 0 Å². The van der Waals surface area contributed by atoms with Crippen molar-refractivity contribution >= 4 is 49.0 Å². The molecule has 0 aliphatic carbocycles. The number of carbonyl (C=O) groups is 1. The normalized spacial score (nSPS) is 12.3. The maximum Gasteiger partial charge on any atom is 0.337 e. The van der Waals surface area contributed by atoms with Crippen LogP contribution in [0.3, 0.4) is 0 Å². The zero-order valence-corrected chi connectivity index (χ0v) is 13.8. The Labute approximate surface area is 131 Å². The number of sulfonamides is 1. The second-order valence-electron chi connectivity index (χ2n) is 4.10. The van der Waals surface area contributed by atoms with Crippen LogP contribution in [0.25, 0.3) is 0 Å². The monoisotopic (exact) mass is 375 g/mol. The van der Waals surface area contributed by atoms with Gasteiger partial charge >= 0.3 is 5.97 Å². The molecule has 118 valence electrons. The molecule has 0 amide bonds. The first-order valence-corrected chi connectivity index (χ1v) is 9.64. The van der Waals surface area contributed by atoms with Crippen LogP contribution in [0.4, 0.5) is 0 Å². The second kappa shape index (κ2) is 6.49. The smallest absolute Gasteiger partial charge is 0.337 e. The third kappa shape index (κ3) is 5.11. The highest BCUT2D eigenvalue weighted by Crippen LogP contribution is 2.29. The molecule has 0 atom stereocenters. The van der Waals surface area contributed by atoms with Gasteiger partial charge in [-0.3, -0.25) is 0 Å². The lowest BCUT2D eigenvalue weighted by Gasteiger charge is -2.10. The molecule has 0 spiro atoms. The standard InChI is InChI=1S/C10H11Cl2NO6S2/c1-20(16,17)3-2-13-21(18,19)8-5-6(11)4-7(9(8)12)10(14)15/h4-5,13H,2-3H2,1H3,(H,14,15). The van der Waals surface area contributed by atoms with Crippen molar-refractivity contribution in [3.05, 3.63) is 27.7 Å². The molecular weight excluding hydrogens is 365 g/mol. The number of hydrogen-bond donors (Lipinski definition) is 2. The van der Waals surface area contributed by atoms with E-state index in [9.17, 15) is 21.6 Å². The van der Waals surface area contributed by atoms with E-state index >= 15 is 0 Å². The summed E-state index contributed by atoms with van der Waals surface area (Å²) >= 11 is 11.4. The quantitative estimate of drug-likeness (QED) is 0.765. The average molecular weight is 376 g/mol. The van der Waals surface area contributed by atoms with E-state index in [0.717, 1.165) is 18.4 Å². The molecule has 0 bridgehead atoms. The molecule has 1 aromatic carbocycles. The molecule has 1 rings (SSSR count). The highest BCUT2D eigenvalue weighted by molar-refractivity contribution is 7.91. The summed E-state index contributed by atoms with van der Waals surface area (Å²) in [5.74, 6) is -1.84. The van der Waals surface area contributed by atoms with Crippen molar-refractivity contribution < 1.29 is 26.7 Å². The summed E-state index contributed by atoms with van der Waals surface area (Å²) in [6, 6.07) is 2.00. The Morgan fingerprint density at radius 1 is 1.24 bits per heavy atom. The van der Waals surface area contributed by atoms with Crippen LogP contribution in [0, 0.1) is 0 Å². The molecule has 0 aromatic heterocycles. The van der Waals surface area contributed by atoms with Crippen molar-refractivity contribution in [3.8, 4) is 0 Å². The minimum Gasteiger partial charge on any atom is -0.478 e.